The lowest BCUT2D eigenvalue weighted by atomic mass is 9.87. The number of rotatable bonds is 8. The summed E-state index contributed by atoms with van der Waals surface area (Å²) in [6.45, 7) is 5.40. The molecule has 0 spiro atoms. The third kappa shape index (κ3) is 6.10. The van der Waals surface area contributed by atoms with Crippen LogP contribution >= 0.6 is 0 Å². The van der Waals surface area contributed by atoms with Gasteiger partial charge >= 0.3 is 12.1 Å². The van der Waals surface area contributed by atoms with Crippen LogP contribution in [0.2, 0.25) is 0 Å². The molecule has 6 nitrogen and oxygen atoms in total. The van der Waals surface area contributed by atoms with Gasteiger partial charge in [-0.05, 0) is 70.2 Å². The highest BCUT2D eigenvalue weighted by Crippen LogP contribution is 2.32. The minimum absolute atomic E-state index is 0.00379. The molecule has 2 atom stereocenters. The van der Waals surface area contributed by atoms with Crippen molar-refractivity contribution in [1.82, 2.24) is 4.98 Å². The van der Waals surface area contributed by atoms with Gasteiger partial charge in [0.15, 0.2) is 5.60 Å². The maximum Gasteiger partial charge on any atom is 0.416 e. The Morgan fingerprint density at radius 2 is 1.91 bits per heavy atom. The molecule has 0 saturated heterocycles. The van der Waals surface area contributed by atoms with Crippen molar-refractivity contribution in [2.75, 3.05) is 6.61 Å². The minimum Gasteiger partial charge on any atom is -0.479 e. The third-order valence-electron chi connectivity index (χ3n) is 5.74. The predicted molar refractivity (Wildman–Crippen MR) is 110 cm³/mol. The van der Waals surface area contributed by atoms with E-state index in [1.165, 1.54) is 26.0 Å². The first-order valence-corrected chi connectivity index (χ1v) is 10.6. The van der Waals surface area contributed by atoms with Crippen LogP contribution in [0.1, 0.15) is 56.5 Å². The summed E-state index contributed by atoms with van der Waals surface area (Å²) in [5.41, 5.74) is -0.885. The number of aromatic nitrogens is 1. The van der Waals surface area contributed by atoms with Crippen LogP contribution in [-0.2, 0) is 27.1 Å². The zero-order valence-electron chi connectivity index (χ0n) is 18.4. The monoisotopic (exact) mass is 455 g/mol. The molecule has 32 heavy (non-hydrogen) atoms. The number of halogens is 3. The topological polar surface area (TPSA) is 81.8 Å². The second-order valence-corrected chi connectivity index (χ2v) is 8.69. The van der Waals surface area contributed by atoms with Crippen LogP contribution in [0, 0.1) is 12.8 Å². The quantitative estimate of drug-likeness (QED) is 0.556. The summed E-state index contributed by atoms with van der Waals surface area (Å²) in [5.74, 6) is 0.0272. The first-order valence-electron chi connectivity index (χ1n) is 10.6. The molecule has 1 aliphatic carbocycles. The van der Waals surface area contributed by atoms with Crippen LogP contribution in [0.15, 0.2) is 28.7 Å². The molecule has 0 aliphatic heterocycles. The lowest BCUT2D eigenvalue weighted by Crippen LogP contribution is -2.37. The van der Waals surface area contributed by atoms with Crippen molar-refractivity contribution in [2.45, 2.75) is 70.9 Å². The molecule has 1 aromatic carbocycles. The zero-order valence-corrected chi connectivity index (χ0v) is 18.4. The molecular formula is C23H28F3NO5. The van der Waals surface area contributed by atoms with Crippen LogP contribution in [-0.4, -0.2) is 34.4 Å². The number of hydrogen-bond acceptors (Lipinski definition) is 5. The highest BCUT2D eigenvalue weighted by molar-refractivity contribution is 5.76. The first-order chi connectivity index (χ1) is 15.0. The van der Waals surface area contributed by atoms with E-state index in [1.807, 2.05) is 0 Å². The van der Waals surface area contributed by atoms with Crippen molar-refractivity contribution in [2.24, 2.45) is 5.92 Å². The Hall–Kier alpha value is -2.39. The van der Waals surface area contributed by atoms with E-state index in [4.69, 9.17) is 13.9 Å². The number of carboxylic acids is 1. The van der Waals surface area contributed by atoms with Gasteiger partial charge in [-0.25, -0.2) is 9.78 Å². The fourth-order valence-electron chi connectivity index (χ4n) is 3.62. The standard InChI is InChI=1S/C23H28F3NO5/c1-14-19(27-20(32-14)16-7-9-17(10-8-16)23(24,25)26)13-30-18-6-4-5-15(11-18)12-31-22(2,3)21(28)29/h7-10,15,18H,4-6,11-13H2,1-3H3,(H,28,29)/t15-,18+/m1/s1. The van der Waals surface area contributed by atoms with Crippen LogP contribution in [0.25, 0.3) is 11.5 Å². The highest BCUT2D eigenvalue weighted by atomic mass is 19.4. The van der Waals surface area contributed by atoms with E-state index < -0.39 is 23.3 Å². The Bertz CT molecular complexity index is 921. The number of nitrogens with zero attached hydrogens (tertiary/aromatic N) is 1. The average molecular weight is 455 g/mol. The Morgan fingerprint density at radius 1 is 1.22 bits per heavy atom. The average Bonchev–Trinajstić information content (AvgIpc) is 3.11. The van der Waals surface area contributed by atoms with Crippen molar-refractivity contribution < 1.29 is 37.0 Å². The summed E-state index contributed by atoms with van der Waals surface area (Å²) < 4.78 is 55.5. The van der Waals surface area contributed by atoms with Gasteiger partial charge < -0.3 is 19.0 Å². The van der Waals surface area contributed by atoms with E-state index in [9.17, 15) is 23.1 Å². The fourth-order valence-corrected chi connectivity index (χ4v) is 3.62. The van der Waals surface area contributed by atoms with Gasteiger partial charge in [-0.2, -0.15) is 13.2 Å². The van der Waals surface area contributed by atoms with E-state index >= 15 is 0 Å². The zero-order chi connectivity index (χ0) is 23.5. The van der Waals surface area contributed by atoms with Crippen LogP contribution < -0.4 is 0 Å². The van der Waals surface area contributed by atoms with E-state index in [1.54, 1.807) is 6.92 Å². The molecule has 0 bridgehead atoms. The van der Waals surface area contributed by atoms with Gasteiger partial charge in [0.05, 0.1) is 24.9 Å². The maximum absolute atomic E-state index is 12.7. The Morgan fingerprint density at radius 3 is 2.53 bits per heavy atom. The molecule has 9 heteroatoms. The fraction of sp³-hybridized carbons (Fsp3) is 0.565. The number of carboxylic acid groups (broad SMARTS) is 1. The van der Waals surface area contributed by atoms with Gasteiger partial charge in [0.2, 0.25) is 5.89 Å². The van der Waals surface area contributed by atoms with Gasteiger partial charge in [-0.3, -0.25) is 0 Å². The molecular weight excluding hydrogens is 427 g/mol. The van der Waals surface area contributed by atoms with Crippen molar-refractivity contribution in [3.63, 3.8) is 0 Å². The van der Waals surface area contributed by atoms with Crippen molar-refractivity contribution in [3.8, 4) is 11.5 Å². The number of ether oxygens (including phenoxy) is 2. The summed E-state index contributed by atoms with van der Waals surface area (Å²) >= 11 is 0. The van der Waals surface area contributed by atoms with Gasteiger partial charge in [0.1, 0.15) is 11.5 Å². The molecule has 1 aromatic heterocycles. The molecule has 1 heterocycles. The molecule has 2 aromatic rings. The van der Waals surface area contributed by atoms with E-state index in [2.05, 4.69) is 4.98 Å². The molecule has 1 aliphatic rings. The van der Waals surface area contributed by atoms with E-state index in [0.717, 1.165) is 37.8 Å². The smallest absolute Gasteiger partial charge is 0.416 e. The summed E-state index contributed by atoms with van der Waals surface area (Å²) in [5, 5.41) is 9.18. The molecule has 1 saturated carbocycles. The summed E-state index contributed by atoms with van der Waals surface area (Å²) in [6, 6.07) is 4.67. The molecule has 3 rings (SSSR count). The van der Waals surface area contributed by atoms with Crippen LogP contribution in [0.3, 0.4) is 0 Å². The van der Waals surface area contributed by atoms with Crippen LogP contribution in [0.4, 0.5) is 13.2 Å². The number of aryl methyl sites for hydroxylation is 1. The normalized spacial score (nSPS) is 19.8. The second kappa shape index (κ2) is 9.62. The summed E-state index contributed by atoms with van der Waals surface area (Å²) in [6.07, 6.45) is -0.830. The molecule has 0 unspecified atom stereocenters. The maximum atomic E-state index is 12.7. The van der Waals surface area contributed by atoms with Crippen molar-refractivity contribution >= 4 is 5.97 Å². The molecule has 1 N–H and O–H groups in total. The number of oxazole rings is 1. The molecule has 0 amide bonds. The number of aliphatic carboxylic acids is 1. The number of carbonyl (C=O) groups is 1. The number of benzene rings is 1. The lowest BCUT2D eigenvalue weighted by Gasteiger charge is -2.31. The summed E-state index contributed by atoms with van der Waals surface area (Å²) in [4.78, 5) is 15.6. The third-order valence-corrected chi connectivity index (χ3v) is 5.74. The molecule has 176 valence electrons. The molecule has 0 radical (unpaired) electrons. The lowest BCUT2D eigenvalue weighted by molar-refractivity contribution is -0.163. The predicted octanol–water partition coefficient (Wildman–Crippen LogP) is 5.62. The van der Waals surface area contributed by atoms with Crippen molar-refractivity contribution in [1.29, 1.82) is 0 Å². The van der Waals surface area contributed by atoms with E-state index in [-0.39, 0.29) is 24.5 Å². The van der Waals surface area contributed by atoms with E-state index in [0.29, 0.717) is 23.6 Å². The minimum atomic E-state index is -4.39. The second-order valence-electron chi connectivity index (χ2n) is 8.69. The van der Waals surface area contributed by atoms with Crippen LogP contribution in [0.5, 0.6) is 0 Å². The largest absolute Gasteiger partial charge is 0.479 e. The molecule has 1 fully saturated rings. The SMILES string of the molecule is Cc1oc(-c2ccc(C(F)(F)F)cc2)nc1CO[C@H]1CCC[C@@H](COC(C)(C)C(=O)O)C1. The summed E-state index contributed by atoms with van der Waals surface area (Å²) in [7, 11) is 0. The Balaban J connectivity index is 1.56. The first kappa shape index (κ1) is 24.3. The highest BCUT2D eigenvalue weighted by Gasteiger charge is 2.32. The number of alkyl halides is 3. The van der Waals surface area contributed by atoms with Gasteiger partial charge in [0.25, 0.3) is 0 Å². The van der Waals surface area contributed by atoms with Crippen molar-refractivity contribution in [3.05, 3.63) is 41.3 Å². The Labute approximate surface area is 184 Å². The van der Waals surface area contributed by atoms with Gasteiger partial charge in [0, 0.05) is 5.56 Å². The number of hydrogen-bond donors (Lipinski definition) is 1. The van der Waals surface area contributed by atoms with Gasteiger partial charge in [-0.1, -0.05) is 6.42 Å². The Kier molecular flexibility index (Phi) is 7.29. The van der Waals surface area contributed by atoms with Gasteiger partial charge in [-0.15, -0.1) is 0 Å².